The molecule has 0 unspecified atom stereocenters. The minimum atomic E-state index is 0.311. The topological polar surface area (TPSA) is 41.5 Å². The van der Waals surface area contributed by atoms with Crippen LogP contribution in [0.1, 0.15) is 12.5 Å². The van der Waals surface area contributed by atoms with E-state index in [-0.39, 0.29) is 0 Å². The highest BCUT2D eigenvalue weighted by Gasteiger charge is 2.00. The molecule has 0 fully saturated rings. The quantitative estimate of drug-likeness (QED) is 0.845. The maximum absolute atomic E-state index is 9.66. The Morgan fingerprint density at radius 2 is 1.94 bits per heavy atom. The van der Waals surface area contributed by atoms with E-state index in [0.29, 0.717) is 18.9 Å². The summed E-state index contributed by atoms with van der Waals surface area (Å²) in [6, 6.07) is 15.1. The first kappa shape index (κ1) is 12.3. The highest BCUT2D eigenvalue weighted by molar-refractivity contribution is 5.49. The molecule has 0 spiro atoms. The largest absolute Gasteiger partial charge is 0.508 e. The average molecular weight is 243 g/mol. The predicted octanol–water partition coefficient (Wildman–Crippen LogP) is 3.40. The van der Waals surface area contributed by atoms with Gasteiger partial charge in [0.2, 0.25) is 0 Å². The second-order valence-corrected chi connectivity index (χ2v) is 3.94. The smallest absolute Gasteiger partial charge is 0.121 e. The zero-order valence-electron chi connectivity index (χ0n) is 10.4. The van der Waals surface area contributed by atoms with Crippen molar-refractivity contribution in [2.75, 3.05) is 11.9 Å². The highest BCUT2D eigenvalue weighted by Crippen LogP contribution is 2.20. The molecule has 2 aromatic rings. The van der Waals surface area contributed by atoms with Crippen LogP contribution in [0.15, 0.2) is 48.5 Å². The van der Waals surface area contributed by atoms with E-state index in [9.17, 15) is 5.11 Å². The monoisotopic (exact) mass is 243 g/mol. The summed E-state index contributed by atoms with van der Waals surface area (Å²) in [5.74, 6) is 1.16. The minimum absolute atomic E-state index is 0.311. The van der Waals surface area contributed by atoms with E-state index < -0.39 is 0 Å². The Balaban J connectivity index is 2.02. The summed E-state index contributed by atoms with van der Waals surface area (Å²) in [5, 5.41) is 12.9. The lowest BCUT2D eigenvalue weighted by atomic mass is 10.2. The number of rotatable bonds is 5. The fraction of sp³-hybridized carbons (Fsp3) is 0.200. The van der Waals surface area contributed by atoms with E-state index in [1.54, 1.807) is 6.07 Å². The van der Waals surface area contributed by atoms with Gasteiger partial charge in [0.25, 0.3) is 0 Å². The molecule has 3 heteroatoms. The van der Waals surface area contributed by atoms with E-state index in [1.165, 1.54) is 0 Å². The molecule has 18 heavy (non-hydrogen) atoms. The molecule has 2 N–H and O–H groups in total. The maximum atomic E-state index is 9.66. The zero-order valence-corrected chi connectivity index (χ0v) is 10.4. The van der Waals surface area contributed by atoms with Gasteiger partial charge in [0.05, 0.1) is 6.61 Å². The Morgan fingerprint density at radius 1 is 1.11 bits per heavy atom. The van der Waals surface area contributed by atoms with Crippen LogP contribution in [0.3, 0.4) is 0 Å². The molecular weight excluding hydrogens is 226 g/mol. The van der Waals surface area contributed by atoms with Crippen LogP contribution in [-0.2, 0) is 6.54 Å². The van der Waals surface area contributed by atoms with Crippen molar-refractivity contribution in [3.8, 4) is 11.5 Å². The van der Waals surface area contributed by atoms with Gasteiger partial charge in [0, 0.05) is 23.9 Å². The van der Waals surface area contributed by atoms with Crippen molar-refractivity contribution in [3.05, 3.63) is 54.1 Å². The van der Waals surface area contributed by atoms with Crippen LogP contribution < -0.4 is 10.1 Å². The summed E-state index contributed by atoms with van der Waals surface area (Å²) >= 11 is 0. The molecule has 0 amide bonds. The van der Waals surface area contributed by atoms with Crippen molar-refractivity contribution >= 4 is 5.69 Å². The third-order valence-corrected chi connectivity index (χ3v) is 2.62. The Labute approximate surface area is 107 Å². The molecular formula is C15H17NO2. The van der Waals surface area contributed by atoms with Crippen LogP contribution in [0, 0.1) is 0 Å². The lowest BCUT2D eigenvalue weighted by Crippen LogP contribution is -2.00. The number of phenols is 1. The van der Waals surface area contributed by atoms with Gasteiger partial charge in [-0.1, -0.05) is 24.3 Å². The molecule has 0 radical (unpaired) electrons. The molecule has 0 aliphatic carbocycles. The standard InChI is InChI=1S/C15H17NO2/c1-2-18-14-8-5-7-13(10-14)16-11-12-6-3-4-9-15(12)17/h3-10,16-17H,2,11H2,1H3. The lowest BCUT2D eigenvalue weighted by molar-refractivity contribution is 0.340. The number of benzene rings is 2. The van der Waals surface area contributed by atoms with E-state index >= 15 is 0 Å². The summed E-state index contributed by atoms with van der Waals surface area (Å²) in [7, 11) is 0. The van der Waals surface area contributed by atoms with Crippen molar-refractivity contribution in [1.82, 2.24) is 0 Å². The Kier molecular flexibility index (Phi) is 4.07. The second-order valence-electron chi connectivity index (χ2n) is 3.94. The number of hydrogen-bond acceptors (Lipinski definition) is 3. The van der Waals surface area contributed by atoms with Gasteiger partial charge >= 0.3 is 0 Å². The predicted molar refractivity (Wildman–Crippen MR) is 73.0 cm³/mol. The molecule has 3 nitrogen and oxygen atoms in total. The molecule has 0 aliphatic heterocycles. The van der Waals surface area contributed by atoms with Gasteiger partial charge in [0.15, 0.2) is 0 Å². The molecule has 2 aromatic carbocycles. The van der Waals surface area contributed by atoms with Gasteiger partial charge < -0.3 is 15.2 Å². The summed E-state index contributed by atoms with van der Waals surface area (Å²) in [6.45, 7) is 3.20. The second kappa shape index (κ2) is 5.96. The minimum Gasteiger partial charge on any atom is -0.508 e. The molecule has 0 aromatic heterocycles. The number of phenolic OH excluding ortho intramolecular Hbond substituents is 1. The van der Waals surface area contributed by atoms with Crippen LogP contribution in [0.4, 0.5) is 5.69 Å². The van der Waals surface area contributed by atoms with Crippen molar-refractivity contribution in [1.29, 1.82) is 0 Å². The zero-order chi connectivity index (χ0) is 12.8. The lowest BCUT2D eigenvalue weighted by Gasteiger charge is -2.09. The Morgan fingerprint density at radius 3 is 2.72 bits per heavy atom. The van der Waals surface area contributed by atoms with Gasteiger partial charge in [-0.15, -0.1) is 0 Å². The molecule has 0 heterocycles. The first-order valence-corrected chi connectivity index (χ1v) is 6.03. The van der Waals surface area contributed by atoms with Crippen molar-refractivity contribution in [2.24, 2.45) is 0 Å². The summed E-state index contributed by atoms with van der Waals surface area (Å²) in [5.41, 5.74) is 1.85. The van der Waals surface area contributed by atoms with E-state index in [2.05, 4.69) is 5.32 Å². The fourth-order valence-electron chi connectivity index (χ4n) is 1.72. The molecule has 94 valence electrons. The Hall–Kier alpha value is -2.16. The summed E-state index contributed by atoms with van der Waals surface area (Å²) in [4.78, 5) is 0. The first-order chi connectivity index (χ1) is 8.79. The molecule has 0 saturated carbocycles. The van der Waals surface area contributed by atoms with Crippen LogP contribution in [0.5, 0.6) is 11.5 Å². The molecule has 2 rings (SSSR count). The highest BCUT2D eigenvalue weighted by atomic mass is 16.5. The van der Waals surface area contributed by atoms with Crippen LogP contribution >= 0.6 is 0 Å². The SMILES string of the molecule is CCOc1cccc(NCc2ccccc2O)c1. The van der Waals surface area contributed by atoms with Gasteiger partial charge in [-0.2, -0.15) is 0 Å². The normalized spacial score (nSPS) is 10.1. The van der Waals surface area contributed by atoms with Gasteiger partial charge in [0.1, 0.15) is 11.5 Å². The van der Waals surface area contributed by atoms with Crippen molar-refractivity contribution in [3.63, 3.8) is 0 Å². The Bertz CT molecular complexity index is 511. The van der Waals surface area contributed by atoms with Crippen LogP contribution in [-0.4, -0.2) is 11.7 Å². The molecule has 0 atom stereocenters. The van der Waals surface area contributed by atoms with Gasteiger partial charge in [-0.25, -0.2) is 0 Å². The van der Waals surface area contributed by atoms with Crippen molar-refractivity contribution in [2.45, 2.75) is 13.5 Å². The van der Waals surface area contributed by atoms with Crippen LogP contribution in [0.2, 0.25) is 0 Å². The summed E-state index contributed by atoms with van der Waals surface area (Å²) < 4.78 is 5.43. The van der Waals surface area contributed by atoms with E-state index in [0.717, 1.165) is 17.0 Å². The number of aromatic hydroxyl groups is 1. The molecule has 0 saturated heterocycles. The van der Waals surface area contributed by atoms with Gasteiger partial charge in [-0.05, 0) is 25.1 Å². The third-order valence-electron chi connectivity index (χ3n) is 2.62. The third kappa shape index (κ3) is 3.17. The van der Waals surface area contributed by atoms with Crippen molar-refractivity contribution < 1.29 is 9.84 Å². The number of ether oxygens (including phenoxy) is 1. The fourth-order valence-corrected chi connectivity index (χ4v) is 1.72. The van der Waals surface area contributed by atoms with Gasteiger partial charge in [-0.3, -0.25) is 0 Å². The van der Waals surface area contributed by atoms with Crippen LogP contribution in [0.25, 0.3) is 0 Å². The first-order valence-electron chi connectivity index (χ1n) is 6.03. The summed E-state index contributed by atoms with van der Waals surface area (Å²) in [6.07, 6.45) is 0. The number of nitrogens with one attached hydrogen (secondary N) is 1. The number of anilines is 1. The van der Waals surface area contributed by atoms with E-state index in [1.807, 2.05) is 49.4 Å². The molecule has 0 bridgehead atoms. The maximum Gasteiger partial charge on any atom is 0.121 e. The number of para-hydroxylation sites is 1. The average Bonchev–Trinajstić information content (AvgIpc) is 2.39. The number of hydrogen-bond donors (Lipinski definition) is 2. The van der Waals surface area contributed by atoms with E-state index in [4.69, 9.17) is 4.74 Å². The molecule has 0 aliphatic rings.